The summed E-state index contributed by atoms with van der Waals surface area (Å²) in [5.74, 6) is 1.65. The van der Waals surface area contributed by atoms with Gasteiger partial charge in [0.2, 0.25) is 0 Å². The minimum Gasteiger partial charge on any atom is -0.394 e. The maximum absolute atomic E-state index is 12.7. The van der Waals surface area contributed by atoms with Gasteiger partial charge in [-0.25, -0.2) is 4.79 Å². The van der Waals surface area contributed by atoms with Gasteiger partial charge in [-0.2, -0.15) is 0 Å². The van der Waals surface area contributed by atoms with E-state index in [1.807, 2.05) is 18.7 Å². The molecule has 30 heavy (non-hydrogen) atoms. The van der Waals surface area contributed by atoms with E-state index in [1.54, 1.807) is 0 Å². The van der Waals surface area contributed by atoms with Crippen LogP contribution in [0, 0.1) is 11.3 Å². The van der Waals surface area contributed by atoms with Crippen LogP contribution in [0.2, 0.25) is 0 Å². The lowest BCUT2D eigenvalue weighted by molar-refractivity contribution is 0.203. The van der Waals surface area contributed by atoms with Crippen LogP contribution in [0.1, 0.15) is 46.5 Å². The van der Waals surface area contributed by atoms with E-state index in [1.165, 1.54) is 30.4 Å². The second kappa shape index (κ2) is 8.15. The molecule has 0 aromatic rings. The molecule has 1 spiro atoms. The van der Waals surface area contributed by atoms with Crippen molar-refractivity contribution in [3.05, 3.63) is 11.1 Å². The van der Waals surface area contributed by atoms with Gasteiger partial charge < -0.3 is 25.1 Å². The lowest BCUT2D eigenvalue weighted by Crippen LogP contribution is -2.42. The van der Waals surface area contributed by atoms with Gasteiger partial charge in [0.05, 0.1) is 18.0 Å². The number of aliphatic hydroxyl groups is 1. The number of hydrogen-bond donors (Lipinski definition) is 2. The Morgan fingerprint density at radius 2 is 1.87 bits per heavy atom. The molecule has 0 aromatic carbocycles. The van der Waals surface area contributed by atoms with E-state index < -0.39 is 5.54 Å². The summed E-state index contributed by atoms with van der Waals surface area (Å²) in [6, 6.07) is 0.112. The predicted octanol–water partition coefficient (Wildman–Crippen LogP) is 1.94. The first kappa shape index (κ1) is 21.6. The Morgan fingerprint density at radius 1 is 1.17 bits per heavy atom. The van der Waals surface area contributed by atoms with Crippen molar-refractivity contribution in [2.75, 3.05) is 59.5 Å². The predicted molar refractivity (Wildman–Crippen MR) is 120 cm³/mol. The first-order valence-corrected chi connectivity index (χ1v) is 11.5. The number of amidine groups is 1. The molecule has 2 fully saturated rings. The summed E-state index contributed by atoms with van der Waals surface area (Å²) in [7, 11) is 2.16. The lowest BCUT2D eigenvalue weighted by atomic mass is 9.90. The molecule has 3 aliphatic heterocycles. The third kappa shape index (κ3) is 4.52. The van der Waals surface area contributed by atoms with Gasteiger partial charge in [0, 0.05) is 45.8 Å². The topological polar surface area (TPSA) is 71.4 Å². The maximum Gasteiger partial charge on any atom is 0.317 e. The van der Waals surface area contributed by atoms with E-state index in [2.05, 4.69) is 29.1 Å². The molecule has 1 saturated carbocycles. The van der Waals surface area contributed by atoms with E-state index in [-0.39, 0.29) is 12.6 Å². The minimum atomic E-state index is -0.412. The van der Waals surface area contributed by atoms with Gasteiger partial charge in [-0.05, 0) is 76.0 Å². The van der Waals surface area contributed by atoms with Crippen molar-refractivity contribution in [3.8, 4) is 0 Å². The molecule has 2 amide bonds. The van der Waals surface area contributed by atoms with Crippen LogP contribution in [0.3, 0.4) is 0 Å². The van der Waals surface area contributed by atoms with Gasteiger partial charge in [-0.15, -0.1) is 0 Å². The quantitative estimate of drug-likeness (QED) is 0.417. The van der Waals surface area contributed by atoms with Crippen molar-refractivity contribution >= 4 is 11.9 Å². The van der Waals surface area contributed by atoms with E-state index in [4.69, 9.17) is 4.99 Å². The zero-order chi connectivity index (χ0) is 21.5. The number of carbonyl (C=O) groups is 1. The van der Waals surface area contributed by atoms with Gasteiger partial charge in [0.25, 0.3) is 0 Å². The summed E-state index contributed by atoms with van der Waals surface area (Å²) in [5.41, 5.74) is 2.95. The Morgan fingerprint density at radius 3 is 2.57 bits per heavy atom. The van der Waals surface area contributed by atoms with Crippen molar-refractivity contribution in [1.29, 1.82) is 0 Å². The molecule has 1 saturated heterocycles. The Kier molecular flexibility index (Phi) is 5.88. The molecular weight excluding hydrogens is 378 g/mol. The third-order valence-corrected chi connectivity index (χ3v) is 7.73. The summed E-state index contributed by atoms with van der Waals surface area (Å²) in [6.07, 6.45) is 4.69. The van der Waals surface area contributed by atoms with Crippen molar-refractivity contribution in [2.24, 2.45) is 16.3 Å². The molecule has 168 valence electrons. The standard InChI is InChI=1S/C23H39N5O2/c1-17(25-22(2,3)16-29)27-9-6-23(7-10-27)11-20(23)12-24-21(30)28-14-18-5-8-26(4)13-19(18)15-28/h20,29H,5-16H2,1-4H3,(H,24,30). The van der Waals surface area contributed by atoms with Crippen molar-refractivity contribution in [2.45, 2.75) is 52.0 Å². The SMILES string of the molecule is CC(=NC(C)(C)CO)N1CCC2(CC1)CC2CNC(=O)N1CC2=C(CN(C)CC2)C1. The number of likely N-dealkylation sites (N-methyl/N-ethyl adjacent to an activating group) is 1. The third-order valence-electron chi connectivity index (χ3n) is 7.73. The molecule has 1 atom stereocenters. The number of urea groups is 1. The smallest absolute Gasteiger partial charge is 0.317 e. The fourth-order valence-corrected chi connectivity index (χ4v) is 5.51. The highest BCUT2D eigenvalue weighted by Crippen LogP contribution is 2.59. The van der Waals surface area contributed by atoms with Crippen LogP contribution in [-0.4, -0.2) is 96.7 Å². The highest BCUT2D eigenvalue weighted by atomic mass is 16.3. The summed E-state index contributed by atoms with van der Waals surface area (Å²) < 4.78 is 0. The number of amides is 2. The monoisotopic (exact) mass is 417 g/mol. The van der Waals surface area contributed by atoms with E-state index >= 15 is 0 Å². The fraction of sp³-hybridized carbons (Fsp3) is 0.826. The molecule has 0 radical (unpaired) electrons. The Hall–Kier alpha value is -1.60. The van der Waals surface area contributed by atoms with Crippen LogP contribution in [0.4, 0.5) is 4.79 Å². The number of likely N-dealkylation sites (tertiary alicyclic amines) is 1. The summed E-state index contributed by atoms with van der Waals surface area (Å²) in [6.45, 7) is 12.7. The second-order valence-corrected chi connectivity index (χ2v) is 10.6. The van der Waals surface area contributed by atoms with Gasteiger partial charge in [-0.1, -0.05) is 0 Å². The van der Waals surface area contributed by atoms with Gasteiger partial charge in [-0.3, -0.25) is 4.99 Å². The van der Waals surface area contributed by atoms with Crippen molar-refractivity contribution < 1.29 is 9.90 Å². The number of piperidine rings is 1. The Labute approximate surface area is 181 Å². The number of rotatable bonds is 4. The van der Waals surface area contributed by atoms with Crippen LogP contribution < -0.4 is 5.32 Å². The van der Waals surface area contributed by atoms with Crippen LogP contribution >= 0.6 is 0 Å². The number of hydrogen-bond acceptors (Lipinski definition) is 4. The minimum absolute atomic E-state index is 0.0656. The second-order valence-electron chi connectivity index (χ2n) is 10.6. The lowest BCUT2D eigenvalue weighted by Gasteiger charge is -2.35. The van der Waals surface area contributed by atoms with E-state index in [9.17, 15) is 9.90 Å². The zero-order valence-corrected chi connectivity index (χ0v) is 19.2. The molecule has 7 nitrogen and oxygen atoms in total. The summed E-state index contributed by atoms with van der Waals surface area (Å²) in [4.78, 5) is 24.1. The largest absolute Gasteiger partial charge is 0.394 e. The summed E-state index contributed by atoms with van der Waals surface area (Å²) >= 11 is 0. The van der Waals surface area contributed by atoms with E-state index in [0.29, 0.717) is 11.3 Å². The molecular formula is C23H39N5O2. The molecule has 0 aromatic heterocycles. The number of aliphatic imine (C=N–C) groups is 1. The molecule has 1 aliphatic carbocycles. The van der Waals surface area contributed by atoms with Gasteiger partial charge in [0.1, 0.15) is 0 Å². The molecule has 4 aliphatic rings. The average molecular weight is 418 g/mol. The molecule has 0 bridgehead atoms. The number of nitrogens with one attached hydrogen (secondary N) is 1. The maximum atomic E-state index is 12.7. The van der Waals surface area contributed by atoms with Crippen LogP contribution in [-0.2, 0) is 0 Å². The molecule has 3 heterocycles. The van der Waals surface area contributed by atoms with Crippen molar-refractivity contribution in [3.63, 3.8) is 0 Å². The Bertz CT molecular complexity index is 736. The number of aliphatic hydroxyl groups excluding tert-OH is 1. The molecule has 4 rings (SSSR count). The van der Waals surface area contributed by atoms with Crippen molar-refractivity contribution in [1.82, 2.24) is 20.0 Å². The zero-order valence-electron chi connectivity index (χ0n) is 19.2. The normalized spacial score (nSPS) is 27.0. The molecule has 7 heteroatoms. The molecule has 1 unspecified atom stereocenters. The summed E-state index contributed by atoms with van der Waals surface area (Å²) in [5, 5.41) is 12.7. The first-order chi connectivity index (χ1) is 14.2. The average Bonchev–Trinajstić information content (AvgIpc) is 3.19. The van der Waals surface area contributed by atoms with Crippen LogP contribution in [0.15, 0.2) is 16.1 Å². The number of carbonyl (C=O) groups excluding carboxylic acids is 1. The fourth-order valence-electron chi connectivity index (χ4n) is 5.51. The van der Waals surface area contributed by atoms with Gasteiger partial charge >= 0.3 is 6.03 Å². The van der Waals surface area contributed by atoms with Crippen LogP contribution in [0.25, 0.3) is 0 Å². The Balaban J connectivity index is 1.20. The molecule has 2 N–H and O–H groups in total. The first-order valence-electron chi connectivity index (χ1n) is 11.5. The number of nitrogens with zero attached hydrogens (tertiary/aromatic N) is 4. The van der Waals surface area contributed by atoms with E-state index in [0.717, 1.165) is 58.1 Å². The highest BCUT2D eigenvalue weighted by molar-refractivity contribution is 5.80. The highest BCUT2D eigenvalue weighted by Gasteiger charge is 2.54. The van der Waals surface area contributed by atoms with Gasteiger partial charge in [0.15, 0.2) is 0 Å². The van der Waals surface area contributed by atoms with Crippen LogP contribution in [0.5, 0.6) is 0 Å².